The first-order valence-electron chi connectivity index (χ1n) is 9.05. The number of amides is 2. The number of carbonyl (C=O) groups excluding carboxylic acids is 2. The summed E-state index contributed by atoms with van der Waals surface area (Å²) in [6.07, 6.45) is 2.22. The molecule has 0 N–H and O–H groups in total. The van der Waals surface area contributed by atoms with Gasteiger partial charge in [-0.05, 0) is 49.3 Å². The Labute approximate surface area is 157 Å². The van der Waals surface area contributed by atoms with Crippen LogP contribution in [0.3, 0.4) is 0 Å². The van der Waals surface area contributed by atoms with Crippen molar-refractivity contribution < 1.29 is 9.59 Å². The maximum Gasteiger partial charge on any atom is 0.282 e. The average molecular weight is 366 g/mol. The molecule has 1 atom stereocenters. The Morgan fingerprint density at radius 1 is 1.08 bits per heavy atom. The number of piperidine rings is 1. The van der Waals surface area contributed by atoms with Gasteiger partial charge in [-0.15, -0.1) is 11.3 Å². The van der Waals surface area contributed by atoms with Gasteiger partial charge in [-0.1, -0.05) is 30.7 Å². The van der Waals surface area contributed by atoms with Crippen LogP contribution in [0.2, 0.25) is 0 Å². The summed E-state index contributed by atoms with van der Waals surface area (Å²) in [7, 11) is 0. The highest BCUT2D eigenvalue weighted by atomic mass is 32.1. The number of likely N-dealkylation sites (tertiary alicyclic amines) is 1. The van der Waals surface area contributed by atoms with E-state index in [1.54, 1.807) is 0 Å². The summed E-state index contributed by atoms with van der Waals surface area (Å²) in [5.41, 5.74) is 2.87. The molecule has 0 saturated carbocycles. The van der Waals surface area contributed by atoms with E-state index in [1.165, 1.54) is 22.7 Å². The van der Waals surface area contributed by atoms with Crippen molar-refractivity contribution in [3.63, 3.8) is 0 Å². The number of hydrogen-bond donors (Lipinski definition) is 0. The lowest BCUT2D eigenvalue weighted by Crippen LogP contribution is -2.39. The predicted octanol–water partition coefficient (Wildman–Crippen LogP) is 4.07. The van der Waals surface area contributed by atoms with Crippen LogP contribution < -0.4 is 4.90 Å². The molecule has 2 amide bonds. The highest BCUT2D eigenvalue weighted by molar-refractivity contribution is 7.11. The van der Waals surface area contributed by atoms with Crippen LogP contribution in [0.1, 0.15) is 30.2 Å². The van der Waals surface area contributed by atoms with E-state index in [4.69, 9.17) is 0 Å². The molecule has 0 spiro atoms. The van der Waals surface area contributed by atoms with Crippen LogP contribution >= 0.6 is 11.3 Å². The van der Waals surface area contributed by atoms with Gasteiger partial charge in [0.05, 0.1) is 11.3 Å². The Morgan fingerprint density at radius 3 is 2.50 bits per heavy atom. The van der Waals surface area contributed by atoms with Gasteiger partial charge in [0.25, 0.3) is 11.8 Å². The van der Waals surface area contributed by atoms with Gasteiger partial charge in [0.1, 0.15) is 5.70 Å². The molecule has 0 bridgehead atoms. The second kappa shape index (κ2) is 6.72. The molecular formula is C21H22N2O2S. The van der Waals surface area contributed by atoms with Gasteiger partial charge < -0.3 is 4.90 Å². The van der Waals surface area contributed by atoms with E-state index in [1.807, 2.05) is 48.7 Å². The zero-order valence-corrected chi connectivity index (χ0v) is 15.9. The molecule has 1 saturated heterocycles. The third-order valence-electron chi connectivity index (χ3n) is 5.09. The van der Waals surface area contributed by atoms with Gasteiger partial charge in [-0.25, -0.2) is 4.90 Å². The molecule has 5 heteroatoms. The zero-order chi connectivity index (χ0) is 18.3. The predicted molar refractivity (Wildman–Crippen MR) is 105 cm³/mol. The summed E-state index contributed by atoms with van der Waals surface area (Å²) in [6, 6.07) is 11.4. The highest BCUT2D eigenvalue weighted by Gasteiger charge is 2.43. The molecule has 2 aliphatic heterocycles. The van der Waals surface area contributed by atoms with Gasteiger partial charge in [0.15, 0.2) is 0 Å². The fraction of sp³-hybridized carbons (Fsp3) is 0.333. The molecule has 0 radical (unpaired) electrons. The van der Waals surface area contributed by atoms with Gasteiger partial charge >= 0.3 is 0 Å². The van der Waals surface area contributed by atoms with Crippen LogP contribution in [-0.2, 0) is 9.59 Å². The Kier molecular flexibility index (Phi) is 4.41. The minimum absolute atomic E-state index is 0.198. The minimum Gasteiger partial charge on any atom is -0.366 e. The van der Waals surface area contributed by atoms with Gasteiger partial charge in [0, 0.05) is 18.0 Å². The maximum atomic E-state index is 13.3. The largest absolute Gasteiger partial charge is 0.366 e. The van der Waals surface area contributed by atoms with Crippen LogP contribution in [0.25, 0.3) is 5.57 Å². The van der Waals surface area contributed by atoms with E-state index in [0.29, 0.717) is 22.9 Å². The van der Waals surface area contributed by atoms with E-state index in [9.17, 15) is 9.59 Å². The summed E-state index contributed by atoms with van der Waals surface area (Å²) in [5.74, 6) is 0.114. The molecule has 0 aliphatic carbocycles. The molecule has 26 heavy (non-hydrogen) atoms. The number of thiophene rings is 1. The molecule has 1 fully saturated rings. The lowest BCUT2D eigenvalue weighted by atomic mass is 9.99. The quantitative estimate of drug-likeness (QED) is 0.769. The summed E-state index contributed by atoms with van der Waals surface area (Å²) in [6.45, 7) is 5.85. The second-order valence-electron chi connectivity index (χ2n) is 7.18. The van der Waals surface area contributed by atoms with Crippen molar-refractivity contribution in [3.8, 4) is 0 Å². The van der Waals surface area contributed by atoms with Gasteiger partial charge in [-0.3, -0.25) is 9.59 Å². The summed E-state index contributed by atoms with van der Waals surface area (Å²) in [4.78, 5) is 30.9. The molecule has 4 rings (SSSR count). The van der Waals surface area contributed by atoms with E-state index < -0.39 is 0 Å². The number of nitrogens with zero attached hydrogens (tertiary/aromatic N) is 2. The van der Waals surface area contributed by atoms with E-state index in [0.717, 1.165) is 30.0 Å². The molecule has 4 nitrogen and oxygen atoms in total. The highest BCUT2D eigenvalue weighted by Crippen LogP contribution is 2.37. The minimum atomic E-state index is -0.213. The molecular weight excluding hydrogens is 344 g/mol. The third kappa shape index (κ3) is 2.86. The van der Waals surface area contributed by atoms with Crippen LogP contribution in [0.4, 0.5) is 5.69 Å². The molecule has 2 aliphatic rings. The van der Waals surface area contributed by atoms with Gasteiger partial charge in [-0.2, -0.15) is 0 Å². The normalized spacial score (nSPS) is 21.1. The van der Waals surface area contributed by atoms with E-state index in [-0.39, 0.29) is 11.8 Å². The third-order valence-corrected chi connectivity index (χ3v) is 5.98. The first-order valence-corrected chi connectivity index (χ1v) is 9.93. The van der Waals surface area contributed by atoms with Crippen molar-refractivity contribution in [2.45, 2.75) is 26.7 Å². The summed E-state index contributed by atoms with van der Waals surface area (Å²) < 4.78 is 0. The van der Waals surface area contributed by atoms with Crippen LogP contribution in [0.5, 0.6) is 0 Å². The van der Waals surface area contributed by atoms with Crippen molar-refractivity contribution in [3.05, 3.63) is 57.9 Å². The molecule has 3 heterocycles. The van der Waals surface area contributed by atoms with Crippen LogP contribution in [0, 0.1) is 12.8 Å². The zero-order valence-electron chi connectivity index (χ0n) is 15.1. The Balaban J connectivity index is 1.79. The Hall–Kier alpha value is -2.40. The SMILES string of the molecule is Cc1ccc(N2C(=O)C(c3cccs3)=C(N3CCCC(C)C3)C2=O)cc1. The first-order chi connectivity index (χ1) is 12.6. The molecule has 2 aromatic rings. The van der Waals surface area contributed by atoms with Crippen LogP contribution in [0.15, 0.2) is 47.5 Å². The second-order valence-corrected chi connectivity index (χ2v) is 8.12. The molecule has 1 unspecified atom stereocenters. The fourth-order valence-corrected chi connectivity index (χ4v) is 4.54. The summed E-state index contributed by atoms with van der Waals surface area (Å²) in [5, 5.41) is 1.95. The number of imide groups is 1. The summed E-state index contributed by atoms with van der Waals surface area (Å²) >= 11 is 1.51. The molecule has 134 valence electrons. The van der Waals surface area contributed by atoms with Gasteiger partial charge in [0.2, 0.25) is 0 Å². The van der Waals surface area contributed by atoms with Crippen molar-refractivity contribution in [1.82, 2.24) is 4.90 Å². The van der Waals surface area contributed by atoms with E-state index in [2.05, 4.69) is 11.8 Å². The number of aryl methyl sites for hydroxylation is 1. The fourth-order valence-electron chi connectivity index (χ4n) is 3.78. The van der Waals surface area contributed by atoms with Crippen LogP contribution in [-0.4, -0.2) is 29.8 Å². The maximum absolute atomic E-state index is 13.3. The Bertz CT molecular complexity index is 868. The molecule has 1 aromatic carbocycles. The first kappa shape index (κ1) is 17.0. The Morgan fingerprint density at radius 2 is 1.85 bits per heavy atom. The van der Waals surface area contributed by atoms with Crippen molar-refractivity contribution in [2.75, 3.05) is 18.0 Å². The number of carbonyl (C=O) groups is 2. The number of anilines is 1. The number of hydrogen-bond acceptors (Lipinski definition) is 4. The molecule has 1 aromatic heterocycles. The standard InChI is InChI=1S/C21H22N2O2S/c1-14-7-9-16(10-8-14)23-20(24)18(17-6-4-12-26-17)19(21(23)25)22-11-3-5-15(2)13-22/h4,6-10,12,15H,3,5,11,13H2,1-2H3. The lowest BCUT2D eigenvalue weighted by molar-refractivity contribution is -0.120. The average Bonchev–Trinajstić information content (AvgIpc) is 3.22. The van der Waals surface area contributed by atoms with Crippen molar-refractivity contribution in [1.29, 1.82) is 0 Å². The van der Waals surface area contributed by atoms with Crippen molar-refractivity contribution >= 4 is 34.4 Å². The lowest BCUT2D eigenvalue weighted by Gasteiger charge is -2.33. The monoisotopic (exact) mass is 366 g/mol. The topological polar surface area (TPSA) is 40.6 Å². The number of rotatable bonds is 3. The number of benzene rings is 1. The van der Waals surface area contributed by atoms with E-state index >= 15 is 0 Å². The van der Waals surface area contributed by atoms with Crippen molar-refractivity contribution in [2.24, 2.45) is 5.92 Å². The smallest absolute Gasteiger partial charge is 0.282 e.